The zero-order valence-electron chi connectivity index (χ0n) is 12.2. The van der Waals surface area contributed by atoms with E-state index in [-0.39, 0.29) is 11.9 Å². The first-order chi connectivity index (χ1) is 9.72. The van der Waals surface area contributed by atoms with Crippen LogP contribution in [0.3, 0.4) is 0 Å². The molecule has 0 spiro atoms. The number of hydrogen-bond donors (Lipinski definition) is 1. The van der Waals surface area contributed by atoms with Gasteiger partial charge in [-0.3, -0.25) is 14.2 Å². The highest BCUT2D eigenvalue weighted by atomic mass is 32.2. The SMILES string of the molecule is CC1C(N(C)CS(=O)(=O)O)C(=O)N(c2ccccc2)N1C. The molecule has 21 heavy (non-hydrogen) atoms. The van der Waals surface area contributed by atoms with Crippen LogP contribution < -0.4 is 5.01 Å². The summed E-state index contributed by atoms with van der Waals surface area (Å²) in [4.78, 5) is 14.0. The number of likely N-dealkylation sites (N-methyl/N-ethyl adjacent to an activating group) is 2. The van der Waals surface area contributed by atoms with Crippen LogP contribution >= 0.6 is 0 Å². The first-order valence-electron chi connectivity index (χ1n) is 6.49. The van der Waals surface area contributed by atoms with Gasteiger partial charge in [-0.1, -0.05) is 18.2 Å². The van der Waals surface area contributed by atoms with E-state index >= 15 is 0 Å². The maximum Gasteiger partial charge on any atom is 0.278 e. The average Bonchev–Trinajstić information content (AvgIpc) is 2.59. The second-order valence-corrected chi connectivity index (χ2v) is 6.63. The van der Waals surface area contributed by atoms with Crippen molar-refractivity contribution in [1.82, 2.24) is 9.91 Å². The van der Waals surface area contributed by atoms with Gasteiger partial charge >= 0.3 is 0 Å². The van der Waals surface area contributed by atoms with Crippen LogP contribution in [0.25, 0.3) is 0 Å². The van der Waals surface area contributed by atoms with Crippen LogP contribution in [0.1, 0.15) is 6.92 Å². The van der Waals surface area contributed by atoms with Crippen molar-refractivity contribution in [3.63, 3.8) is 0 Å². The number of carbonyl (C=O) groups is 1. The third-order valence-electron chi connectivity index (χ3n) is 3.67. The molecule has 1 aliphatic rings. The third-order valence-corrected chi connectivity index (χ3v) is 4.40. The largest absolute Gasteiger partial charge is 0.285 e. The molecule has 1 aromatic rings. The molecule has 2 unspecified atom stereocenters. The van der Waals surface area contributed by atoms with E-state index in [1.807, 2.05) is 37.3 Å². The van der Waals surface area contributed by atoms with Crippen LogP contribution in [-0.2, 0) is 14.9 Å². The van der Waals surface area contributed by atoms with Crippen LogP contribution in [0.4, 0.5) is 5.69 Å². The topological polar surface area (TPSA) is 81.2 Å². The first-order valence-corrected chi connectivity index (χ1v) is 8.10. The second kappa shape index (κ2) is 5.72. The van der Waals surface area contributed by atoms with Crippen LogP contribution in [0.2, 0.25) is 0 Å². The molecular formula is C13H19N3O4S. The number of amides is 1. The lowest BCUT2D eigenvalue weighted by Crippen LogP contribution is -2.45. The van der Waals surface area contributed by atoms with Crippen molar-refractivity contribution in [1.29, 1.82) is 0 Å². The maximum absolute atomic E-state index is 12.6. The fourth-order valence-corrected chi connectivity index (χ4v) is 3.32. The predicted octanol–water partition coefficient (Wildman–Crippen LogP) is 0.414. The predicted molar refractivity (Wildman–Crippen MR) is 79.1 cm³/mol. The Labute approximate surface area is 124 Å². The summed E-state index contributed by atoms with van der Waals surface area (Å²) in [7, 11) is -0.887. The van der Waals surface area contributed by atoms with Gasteiger partial charge in [-0.15, -0.1) is 0 Å². The molecule has 1 saturated heterocycles. The fraction of sp³-hybridized carbons (Fsp3) is 0.462. The van der Waals surface area contributed by atoms with Crippen molar-refractivity contribution in [2.24, 2.45) is 0 Å². The van der Waals surface area contributed by atoms with Crippen LogP contribution in [-0.4, -0.2) is 60.8 Å². The summed E-state index contributed by atoms with van der Waals surface area (Å²) in [5, 5.41) is 3.29. The van der Waals surface area contributed by atoms with Crippen molar-refractivity contribution in [3.05, 3.63) is 30.3 Å². The first kappa shape index (κ1) is 15.9. The molecule has 2 atom stereocenters. The zero-order chi connectivity index (χ0) is 15.8. The Morgan fingerprint density at radius 2 is 1.86 bits per heavy atom. The molecule has 0 bridgehead atoms. The number of benzene rings is 1. The standard InChI is InChI=1S/C13H19N3O4S/c1-10-12(14(2)9-21(18,19)20)13(17)16(15(10)3)11-7-5-4-6-8-11/h4-8,10,12H,9H2,1-3H3,(H,18,19,20). The normalized spacial score (nSPS) is 24.0. The van der Waals surface area contributed by atoms with E-state index in [4.69, 9.17) is 4.55 Å². The van der Waals surface area contributed by atoms with Crippen LogP contribution in [0.15, 0.2) is 30.3 Å². The summed E-state index contributed by atoms with van der Waals surface area (Å²) in [5.74, 6) is -0.799. The molecule has 0 saturated carbocycles. The average molecular weight is 313 g/mol. The van der Waals surface area contributed by atoms with E-state index in [0.717, 1.165) is 5.69 Å². The van der Waals surface area contributed by atoms with Gasteiger partial charge in [0.1, 0.15) is 11.9 Å². The summed E-state index contributed by atoms with van der Waals surface area (Å²) in [6.07, 6.45) is 0. The van der Waals surface area contributed by atoms with E-state index in [1.54, 1.807) is 12.1 Å². The number of nitrogens with zero attached hydrogens (tertiary/aromatic N) is 3. The highest BCUT2D eigenvalue weighted by molar-refractivity contribution is 7.85. The Morgan fingerprint density at radius 3 is 2.38 bits per heavy atom. The van der Waals surface area contributed by atoms with Gasteiger partial charge in [0.2, 0.25) is 0 Å². The minimum atomic E-state index is -4.17. The van der Waals surface area contributed by atoms with Gasteiger partial charge in [-0.25, -0.2) is 10.0 Å². The van der Waals surface area contributed by atoms with E-state index in [0.29, 0.717) is 0 Å². The van der Waals surface area contributed by atoms with Gasteiger partial charge in [-0.2, -0.15) is 8.42 Å². The molecule has 1 amide bonds. The Kier molecular flexibility index (Phi) is 4.33. The number of hydrazine groups is 1. The van der Waals surface area contributed by atoms with Crippen molar-refractivity contribution in [3.8, 4) is 0 Å². The summed E-state index contributed by atoms with van der Waals surface area (Å²) in [5.41, 5.74) is 0.722. The van der Waals surface area contributed by atoms with Gasteiger partial charge in [-0.05, 0) is 26.1 Å². The number of carbonyl (C=O) groups excluding carboxylic acids is 1. The maximum atomic E-state index is 12.6. The van der Waals surface area contributed by atoms with E-state index in [2.05, 4.69) is 0 Å². The van der Waals surface area contributed by atoms with Gasteiger partial charge in [0.05, 0.1) is 11.7 Å². The molecule has 1 fully saturated rings. The molecule has 1 aromatic carbocycles. The molecular weight excluding hydrogens is 294 g/mol. The molecule has 116 valence electrons. The number of para-hydroxylation sites is 1. The Hall–Kier alpha value is -1.48. The highest BCUT2D eigenvalue weighted by Gasteiger charge is 2.45. The Bertz CT molecular complexity index is 620. The molecule has 0 aliphatic carbocycles. The molecule has 8 heteroatoms. The van der Waals surface area contributed by atoms with Gasteiger partial charge in [0.25, 0.3) is 16.0 Å². The minimum absolute atomic E-state index is 0.218. The quantitative estimate of drug-likeness (QED) is 0.811. The van der Waals surface area contributed by atoms with E-state index in [1.165, 1.54) is 17.0 Å². The minimum Gasteiger partial charge on any atom is -0.285 e. The lowest BCUT2D eigenvalue weighted by Gasteiger charge is -2.26. The smallest absolute Gasteiger partial charge is 0.278 e. The Morgan fingerprint density at radius 1 is 1.29 bits per heavy atom. The van der Waals surface area contributed by atoms with Gasteiger partial charge < -0.3 is 0 Å². The molecule has 2 rings (SSSR count). The molecule has 1 N–H and O–H groups in total. The van der Waals surface area contributed by atoms with Crippen molar-refractivity contribution in [2.75, 3.05) is 25.0 Å². The number of rotatable bonds is 4. The van der Waals surface area contributed by atoms with E-state index in [9.17, 15) is 13.2 Å². The molecule has 7 nitrogen and oxygen atoms in total. The third kappa shape index (κ3) is 3.24. The second-order valence-electron chi connectivity index (χ2n) is 5.21. The van der Waals surface area contributed by atoms with Gasteiger partial charge in [0.15, 0.2) is 0 Å². The zero-order valence-corrected chi connectivity index (χ0v) is 13.0. The monoisotopic (exact) mass is 313 g/mol. The van der Waals surface area contributed by atoms with Crippen molar-refractivity contribution >= 4 is 21.7 Å². The molecule has 0 aromatic heterocycles. The van der Waals surface area contributed by atoms with Gasteiger partial charge in [0, 0.05) is 7.05 Å². The van der Waals surface area contributed by atoms with Crippen LogP contribution in [0, 0.1) is 0 Å². The fourth-order valence-electron chi connectivity index (χ4n) is 2.65. The molecule has 1 heterocycles. The lowest BCUT2D eigenvalue weighted by molar-refractivity contribution is -0.121. The van der Waals surface area contributed by atoms with Crippen molar-refractivity contribution in [2.45, 2.75) is 19.0 Å². The summed E-state index contributed by atoms with van der Waals surface area (Å²) < 4.78 is 31.0. The summed E-state index contributed by atoms with van der Waals surface area (Å²) >= 11 is 0. The van der Waals surface area contributed by atoms with Crippen molar-refractivity contribution < 1.29 is 17.8 Å². The van der Waals surface area contributed by atoms with Crippen LogP contribution in [0.5, 0.6) is 0 Å². The highest BCUT2D eigenvalue weighted by Crippen LogP contribution is 2.28. The lowest BCUT2D eigenvalue weighted by atomic mass is 10.1. The molecule has 0 radical (unpaired) electrons. The van der Waals surface area contributed by atoms with E-state index < -0.39 is 22.0 Å². The Balaban J connectivity index is 2.28. The number of hydrogen-bond acceptors (Lipinski definition) is 5. The number of anilines is 1. The summed E-state index contributed by atoms with van der Waals surface area (Å²) in [6, 6.07) is 8.28. The summed E-state index contributed by atoms with van der Waals surface area (Å²) in [6.45, 7) is 1.84. The molecule has 1 aliphatic heterocycles.